The van der Waals surface area contributed by atoms with E-state index in [-0.39, 0.29) is 0 Å². The highest BCUT2D eigenvalue weighted by Gasteiger charge is 2.11. The summed E-state index contributed by atoms with van der Waals surface area (Å²) in [5.74, 6) is 0.724. The smallest absolute Gasteiger partial charge is 0.127 e. The summed E-state index contributed by atoms with van der Waals surface area (Å²) in [6, 6.07) is 8.30. The maximum Gasteiger partial charge on any atom is 0.127 e. The second kappa shape index (κ2) is 5.85. The summed E-state index contributed by atoms with van der Waals surface area (Å²) < 4.78 is 0. The average molecular weight is 242 g/mol. The first kappa shape index (κ1) is 12.9. The third kappa shape index (κ3) is 2.47. The number of para-hydroxylation sites is 1. The molecule has 2 heteroatoms. The fraction of sp³-hybridized carbons (Fsp3) is 0.438. The third-order valence-corrected chi connectivity index (χ3v) is 3.53. The van der Waals surface area contributed by atoms with Gasteiger partial charge in [-0.3, -0.25) is 0 Å². The van der Waals surface area contributed by atoms with Gasteiger partial charge >= 0.3 is 0 Å². The number of unbranched alkanes of at least 4 members (excludes halogenated alkanes) is 2. The molecule has 0 saturated heterocycles. The molecular weight excluding hydrogens is 220 g/mol. The van der Waals surface area contributed by atoms with Crippen LogP contribution in [0.1, 0.15) is 44.2 Å². The van der Waals surface area contributed by atoms with Crippen molar-refractivity contribution in [1.82, 2.24) is 4.98 Å². The highest BCUT2D eigenvalue weighted by Crippen LogP contribution is 2.27. The van der Waals surface area contributed by atoms with E-state index < -0.39 is 0 Å². The number of nitrogen functional groups attached to an aromatic ring is 1. The van der Waals surface area contributed by atoms with Gasteiger partial charge in [-0.25, -0.2) is 4.98 Å². The minimum absolute atomic E-state index is 0.724. The van der Waals surface area contributed by atoms with E-state index in [9.17, 15) is 0 Å². The zero-order valence-electron chi connectivity index (χ0n) is 11.4. The number of nitrogens with zero attached hydrogens (tertiary/aromatic N) is 1. The molecule has 2 rings (SSSR count). The fourth-order valence-electron chi connectivity index (χ4n) is 2.58. The Morgan fingerprint density at radius 3 is 2.56 bits per heavy atom. The van der Waals surface area contributed by atoms with Crippen molar-refractivity contribution in [2.45, 2.75) is 46.0 Å². The van der Waals surface area contributed by atoms with Crippen LogP contribution in [-0.2, 0) is 12.8 Å². The Kier molecular flexibility index (Phi) is 4.19. The van der Waals surface area contributed by atoms with Crippen molar-refractivity contribution >= 4 is 16.7 Å². The van der Waals surface area contributed by atoms with Crippen molar-refractivity contribution in [3.8, 4) is 0 Å². The van der Waals surface area contributed by atoms with E-state index >= 15 is 0 Å². The Balaban J connectivity index is 2.47. The number of aromatic nitrogens is 1. The quantitative estimate of drug-likeness (QED) is 0.801. The van der Waals surface area contributed by atoms with Crippen LogP contribution in [0.3, 0.4) is 0 Å². The van der Waals surface area contributed by atoms with Gasteiger partial charge in [-0.05, 0) is 36.5 Å². The maximum atomic E-state index is 6.13. The molecule has 0 amide bonds. The Morgan fingerprint density at radius 1 is 1.06 bits per heavy atom. The van der Waals surface area contributed by atoms with Gasteiger partial charge in [-0.15, -0.1) is 0 Å². The standard InChI is InChI=1S/C16H22N2/c1-3-5-6-10-14-12(4-2)13-9-7-8-11-15(13)18-16(14)17/h7-9,11H,3-6,10H2,1-2H3,(H2,17,18). The molecule has 2 aromatic rings. The number of nitrogens with two attached hydrogens (primary N) is 1. The lowest BCUT2D eigenvalue weighted by molar-refractivity contribution is 0.714. The number of aryl methyl sites for hydroxylation is 1. The summed E-state index contributed by atoms with van der Waals surface area (Å²) in [6.07, 6.45) is 5.78. The van der Waals surface area contributed by atoms with E-state index in [1.807, 2.05) is 12.1 Å². The first-order valence-electron chi connectivity index (χ1n) is 6.93. The van der Waals surface area contributed by atoms with E-state index in [0.717, 1.165) is 24.2 Å². The van der Waals surface area contributed by atoms with Crippen molar-refractivity contribution in [3.63, 3.8) is 0 Å². The molecule has 0 unspecified atom stereocenters. The molecular formula is C16H22N2. The van der Waals surface area contributed by atoms with Crippen molar-refractivity contribution in [2.75, 3.05) is 5.73 Å². The molecule has 0 aliphatic heterocycles. The van der Waals surface area contributed by atoms with Gasteiger partial charge in [0.05, 0.1) is 5.52 Å². The molecule has 0 saturated carbocycles. The van der Waals surface area contributed by atoms with Gasteiger partial charge in [0.1, 0.15) is 5.82 Å². The number of hydrogen-bond acceptors (Lipinski definition) is 2. The summed E-state index contributed by atoms with van der Waals surface area (Å²) in [5, 5.41) is 1.26. The van der Waals surface area contributed by atoms with Gasteiger partial charge in [0.2, 0.25) is 0 Å². The molecule has 2 nitrogen and oxygen atoms in total. The van der Waals surface area contributed by atoms with Crippen LogP contribution in [0.25, 0.3) is 10.9 Å². The Hall–Kier alpha value is -1.57. The van der Waals surface area contributed by atoms with Crippen molar-refractivity contribution in [2.24, 2.45) is 0 Å². The summed E-state index contributed by atoms with van der Waals surface area (Å²) in [7, 11) is 0. The van der Waals surface area contributed by atoms with E-state index in [0.29, 0.717) is 0 Å². The van der Waals surface area contributed by atoms with Crippen LogP contribution in [0.2, 0.25) is 0 Å². The number of benzene rings is 1. The molecule has 96 valence electrons. The van der Waals surface area contributed by atoms with Gasteiger partial charge in [-0.1, -0.05) is 44.9 Å². The molecule has 2 N–H and O–H groups in total. The van der Waals surface area contributed by atoms with Crippen LogP contribution in [0, 0.1) is 0 Å². The highest BCUT2D eigenvalue weighted by atomic mass is 14.8. The van der Waals surface area contributed by atoms with E-state index in [4.69, 9.17) is 5.73 Å². The fourth-order valence-corrected chi connectivity index (χ4v) is 2.58. The number of fused-ring (bicyclic) bond motifs is 1. The van der Waals surface area contributed by atoms with Gasteiger partial charge in [-0.2, -0.15) is 0 Å². The molecule has 1 heterocycles. The number of anilines is 1. The van der Waals surface area contributed by atoms with Crippen molar-refractivity contribution < 1.29 is 0 Å². The van der Waals surface area contributed by atoms with Gasteiger partial charge in [0, 0.05) is 5.39 Å². The van der Waals surface area contributed by atoms with Gasteiger partial charge in [0.25, 0.3) is 0 Å². The molecule has 0 aliphatic rings. The summed E-state index contributed by atoms with van der Waals surface area (Å²) in [6.45, 7) is 4.42. The number of rotatable bonds is 5. The summed E-state index contributed by atoms with van der Waals surface area (Å²) >= 11 is 0. The molecule has 0 bridgehead atoms. The lowest BCUT2D eigenvalue weighted by Gasteiger charge is -2.13. The van der Waals surface area contributed by atoms with Crippen molar-refractivity contribution in [3.05, 3.63) is 35.4 Å². The normalized spacial score (nSPS) is 11.0. The monoisotopic (exact) mass is 242 g/mol. The average Bonchev–Trinajstić information content (AvgIpc) is 2.39. The lowest BCUT2D eigenvalue weighted by Crippen LogP contribution is -2.04. The maximum absolute atomic E-state index is 6.13. The van der Waals surface area contributed by atoms with E-state index in [1.54, 1.807) is 0 Å². The first-order valence-corrected chi connectivity index (χ1v) is 6.93. The van der Waals surface area contributed by atoms with Gasteiger partial charge in [0.15, 0.2) is 0 Å². The first-order chi connectivity index (χ1) is 8.77. The SMILES string of the molecule is CCCCCc1c(N)nc2ccccc2c1CC. The molecule has 1 aromatic carbocycles. The predicted molar refractivity (Wildman–Crippen MR) is 78.8 cm³/mol. The minimum atomic E-state index is 0.724. The molecule has 0 atom stereocenters. The molecule has 0 spiro atoms. The van der Waals surface area contributed by atoms with Crippen LogP contribution in [0.5, 0.6) is 0 Å². The Bertz CT molecular complexity index is 532. The van der Waals surface area contributed by atoms with Gasteiger partial charge < -0.3 is 5.73 Å². The molecule has 1 aromatic heterocycles. The van der Waals surface area contributed by atoms with Crippen LogP contribution in [-0.4, -0.2) is 4.98 Å². The number of pyridine rings is 1. The topological polar surface area (TPSA) is 38.9 Å². The summed E-state index contributed by atoms with van der Waals surface area (Å²) in [5.41, 5.74) is 9.81. The molecule has 0 radical (unpaired) electrons. The van der Waals surface area contributed by atoms with Crippen LogP contribution in [0.4, 0.5) is 5.82 Å². The lowest BCUT2D eigenvalue weighted by atomic mass is 9.96. The van der Waals surface area contributed by atoms with E-state index in [1.165, 1.54) is 35.8 Å². The largest absolute Gasteiger partial charge is 0.383 e. The Labute approximate surface area is 109 Å². The third-order valence-electron chi connectivity index (χ3n) is 3.53. The molecule has 0 fully saturated rings. The van der Waals surface area contributed by atoms with Crippen molar-refractivity contribution in [1.29, 1.82) is 0 Å². The van der Waals surface area contributed by atoms with Crippen LogP contribution >= 0.6 is 0 Å². The second-order valence-corrected chi connectivity index (χ2v) is 4.78. The van der Waals surface area contributed by atoms with Crippen LogP contribution < -0.4 is 5.73 Å². The zero-order valence-corrected chi connectivity index (χ0v) is 11.4. The zero-order chi connectivity index (χ0) is 13.0. The summed E-state index contributed by atoms with van der Waals surface area (Å²) in [4.78, 5) is 4.54. The predicted octanol–water partition coefficient (Wildman–Crippen LogP) is 4.11. The second-order valence-electron chi connectivity index (χ2n) is 4.78. The molecule has 0 aliphatic carbocycles. The molecule has 18 heavy (non-hydrogen) atoms. The van der Waals surface area contributed by atoms with E-state index in [2.05, 4.69) is 31.0 Å². The Morgan fingerprint density at radius 2 is 1.83 bits per heavy atom. The number of hydrogen-bond donors (Lipinski definition) is 1. The highest BCUT2D eigenvalue weighted by molar-refractivity contribution is 5.85. The minimum Gasteiger partial charge on any atom is -0.383 e. The van der Waals surface area contributed by atoms with Crippen LogP contribution in [0.15, 0.2) is 24.3 Å².